The Bertz CT molecular complexity index is 3600. The normalized spacial score (nSPS) is 12.5. The molecule has 0 aliphatic heterocycles. The van der Waals surface area contributed by atoms with Crippen molar-refractivity contribution in [2.45, 2.75) is 44.9 Å². The van der Waals surface area contributed by atoms with E-state index in [2.05, 4.69) is 51.1 Å². The van der Waals surface area contributed by atoms with Crippen molar-refractivity contribution >= 4 is 103 Å². The zero-order chi connectivity index (χ0) is 54.4. The lowest BCUT2D eigenvalue weighted by atomic mass is 10.1. The van der Waals surface area contributed by atoms with Gasteiger partial charge in [0.1, 0.15) is 34.5 Å². The summed E-state index contributed by atoms with van der Waals surface area (Å²) < 4.78 is 133. The van der Waals surface area contributed by atoms with Gasteiger partial charge in [-0.1, -0.05) is 17.2 Å². The Balaban J connectivity index is 0.00000193. The molecular weight excluding hydrogens is 1070 g/mol. The Kier molecular flexibility index (Phi) is 20.2. The maximum absolute atomic E-state index is 12.8. The second-order valence-electron chi connectivity index (χ2n) is 15.7. The van der Waals surface area contributed by atoms with Crippen LogP contribution in [0.4, 0.5) is 34.1 Å². The molecule has 74 heavy (non-hydrogen) atoms. The van der Waals surface area contributed by atoms with E-state index in [9.17, 15) is 53.1 Å². The number of nitrogens with zero attached hydrogens (tertiary/aromatic N) is 9. The molecule has 31 heteroatoms. The van der Waals surface area contributed by atoms with Gasteiger partial charge in [-0.05, 0) is 99.7 Å². The van der Waals surface area contributed by atoms with E-state index in [4.69, 9.17) is 19.3 Å². The van der Waals surface area contributed by atoms with E-state index in [0.717, 1.165) is 12.0 Å². The van der Waals surface area contributed by atoms with E-state index >= 15 is 0 Å². The van der Waals surface area contributed by atoms with Crippen LogP contribution in [0, 0.1) is 32.1 Å². The first-order valence-corrected chi connectivity index (χ1v) is 29.0. The fourth-order valence-corrected chi connectivity index (χ4v) is 9.35. The number of azo groups is 3. The van der Waals surface area contributed by atoms with Crippen LogP contribution in [0.15, 0.2) is 108 Å². The van der Waals surface area contributed by atoms with Crippen molar-refractivity contribution in [3.8, 4) is 23.4 Å². The molecule has 0 aliphatic rings. The van der Waals surface area contributed by atoms with E-state index in [-0.39, 0.29) is 100 Å². The van der Waals surface area contributed by atoms with Gasteiger partial charge < -0.3 is 14.6 Å². The van der Waals surface area contributed by atoms with Crippen LogP contribution in [-0.4, -0.2) is 110 Å². The molecule has 0 fully saturated rings. The third-order valence-electron chi connectivity index (χ3n) is 9.92. The van der Waals surface area contributed by atoms with Crippen molar-refractivity contribution in [3.63, 3.8) is 0 Å². The van der Waals surface area contributed by atoms with Crippen LogP contribution in [0.1, 0.15) is 41.5 Å². The van der Waals surface area contributed by atoms with Crippen LogP contribution in [0.5, 0.6) is 17.4 Å². The number of fused-ring (bicyclic) bond motifs is 3. The number of ether oxygens (including phenoxy) is 2. The van der Waals surface area contributed by atoms with Gasteiger partial charge >= 0.3 is 0 Å². The summed E-state index contributed by atoms with van der Waals surface area (Å²) in [6.07, 6.45) is 0.748. The third-order valence-corrected chi connectivity index (χ3v) is 14.0. The number of nitriles is 1. The topological polar surface area (TPSA) is 390 Å². The fraction of sp³-hybridized carbons (Fsp3) is 0.302. The zero-order valence-electron chi connectivity index (χ0n) is 39.5. The molecule has 6 aromatic rings. The lowest BCUT2D eigenvalue weighted by Gasteiger charge is -2.12. The largest absolute Gasteiger partial charge is 0.493 e. The summed E-state index contributed by atoms with van der Waals surface area (Å²) >= 11 is 0.751. The lowest BCUT2D eigenvalue weighted by Crippen LogP contribution is -2.08. The summed E-state index contributed by atoms with van der Waals surface area (Å²) in [5, 5.41) is 59.4. The number of rotatable bonds is 23. The van der Waals surface area contributed by atoms with Crippen molar-refractivity contribution in [1.29, 1.82) is 5.26 Å². The Labute approximate surface area is 428 Å². The molecule has 0 radical (unpaired) electrons. The first-order chi connectivity index (χ1) is 34.8. The van der Waals surface area contributed by atoms with E-state index in [1.54, 1.807) is 57.2 Å². The Morgan fingerprint density at radius 2 is 1.20 bits per heavy atom. The Hall–Kier alpha value is -6.57. The van der Waals surface area contributed by atoms with Gasteiger partial charge in [-0.2, -0.15) is 45.9 Å². The number of pyridine rings is 1. The molecule has 0 saturated heterocycles. The summed E-state index contributed by atoms with van der Waals surface area (Å²) in [5.74, 6) is -1.28. The molecule has 0 bridgehead atoms. The van der Waals surface area contributed by atoms with Crippen LogP contribution in [0.2, 0.25) is 0 Å². The molecule has 0 atom stereocenters. The van der Waals surface area contributed by atoms with Crippen molar-refractivity contribution in [3.05, 3.63) is 95.1 Å². The number of benzene rings is 4. The third kappa shape index (κ3) is 17.3. The first kappa shape index (κ1) is 58.3. The first-order valence-electron chi connectivity index (χ1n) is 21.4. The molecule has 2 heterocycles. The van der Waals surface area contributed by atoms with Gasteiger partial charge in [-0.15, -0.1) is 19.7 Å². The quantitative estimate of drug-likeness (QED) is 0.00995. The van der Waals surface area contributed by atoms with Gasteiger partial charge in [0.25, 0.3) is 30.4 Å². The number of aromatic nitrogens is 2. The molecule has 5 N–H and O–H groups in total. The molecule has 2 aromatic heterocycles. The van der Waals surface area contributed by atoms with Crippen LogP contribution in [0.25, 0.3) is 16.7 Å². The van der Waals surface area contributed by atoms with Gasteiger partial charge in [0, 0.05) is 35.5 Å². The van der Waals surface area contributed by atoms with Gasteiger partial charge in [0.15, 0.2) is 21.2 Å². The van der Waals surface area contributed by atoms with Crippen molar-refractivity contribution in [2.24, 2.45) is 30.7 Å². The van der Waals surface area contributed by atoms with Crippen LogP contribution in [-0.2, 0) is 49.6 Å². The standard InChI is InChI=1S/C42H43N9O14S4.CH4O3S/c1-26-21-35(38(62-15-6-19-68(56,57)58)23-33(26)46-45-29-11-13-30(14-12-29)67(54,55)18-8-17-66-65-64-53)48-47-34-24-39(63-16-7-20-69(59,60)61)36(22-27(34)2)49-50-40-28(3)31(25-43)41-44-32-9-4-5-10-37(32)51(41)42(40)52;1-5(2,3)4/h4-5,9-14,21-24,52-53H,6-8,15-20H2,1-3H3,(H,56,57,58)(H,59,60,61);1H3,(H,2,3,4). The molecule has 0 unspecified atom stereocenters. The molecule has 396 valence electrons. The summed E-state index contributed by atoms with van der Waals surface area (Å²) in [6.45, 7) is 4.61. The Morgan fingerprint density at radius 1 is 0.689 bits per heavy atom. The van der Waals surface area contributed by atoms with Crippen molar-refractivity contribution in [1.82, 2.24) is 9.38 Å². The fourth-order valence-electron chi connectivity index (χ4n) is 6.52. The van der Waals surface area contributed by atoms with Crippen LogP contribution < -0.4 is 9.47 Å². The number of aryl methyl sites for hydroxylation is 2. The van der Waals surface area contributed by atoms with E-state index in [1.165, 1.54) is 40.8 Å². The smallest absolute Gasteiger partial charge is 0.264 e. The molecule has 4 aromatic carbocycles. The second-order valence-corrected chi connectivity index (χ2v) is 23.2. The predicted octanol–water partition coefficient (Wildman–Crippen LogP) is 9.29. The average molecular weight is 1120 g/mol. The minimum Gasteiger partial charge on any atom is -0.493 e. The van der Waals surface area contributed by atoms with E-state index < -0.39 is 51.7 Å². The number of hydrogen-bond acceptors (Lipinski definition) is 23. The van der Waals surface area contributed by atoms with Crippen LogP contribution >= 0.6 is 12.0 Å². The maximum Gasteiger partial charge on any atom is 0.264 e. The average Bonchev–Trinajstić information content (AvgIpc) is 3.70. The van der Waals surface area contributed by atoms with Crippen molar-refractivity contribution in [2.75, 3.05) is 42.5 Å². The SMILES string of the molecule is CS(=O)(=O)O.Cc1cc(N=Nc2cc(OCCCS(=O)(=O)O)c(N=Nc3c(C)c(C#N)c4nc5ccccc5n4c3O)cc2C)c(OCCCS(=O)(=O)O)cc1N=Nc1ccc(S(=O)(=O)CCCSOOO)cc1. The molecule has 0 aliphatic carbocycles. The highest BCUT2D eigenvalue weighted by atomic mass is 32.2. The highest BCUT2D eigenvalue weighted by molar-refractivity contribution is 7.94. The van der Waals surface area contributed by atoms with Crippen LogP contribution in [0.3, 0.4) is 0 Å². The molecule has 0 saturated carbocycles. The number of aromatic hydroxyl groups is 1. The van der Waals surface area contributed by atoms with E-state index in [1.807, 2.05) is 0 Å². The van der Waals surface area contributed by atoms with Gasteiger partial charge in [0.05, 0.1) is 69.7 Å². The summed E-state index contributed by atoms with van der Waals surface area (Å²) in [5.41, 5.74) is 3.90. The molecule has 26 nitrogen and oxygen atoms in total. The summed E-state index contributed by atoms with van der Waals surface area (Å²) in [6, 6.07) is 20.9. The highest BCUT2D eigenvalue weighted by Gasteiger charge is 2.22. The number of sulfone groups is 1. The number of imidazole rings is 1. The van der Waals surface area contributed by atoms with Gasteiger partial charge in [0.2, 0.25) is 5.88 Å². The minimum atomic E-state index is -4.31. The summed E-state index contributed by atoms with van der Waals surface area (Å²) in [7, 11) is -15.9. The number of para-hydroxylation sites is 2. The zero-order valence-corrected chi connectivity index (χ0v) is 43.6. The van der Waals surface area contributed by atoms with E-state index in [0.29, 0.717) is 45.4 Å². The Morgan fingerprint density at radius 3 is 1.73 bits per heavy atom. The highest BCUT2D eigenvalue weighted by Crippen LogP contribution is 2.42. The predicted molar refractivity (Wildman–Crippen MR) is 270 cm³/mol. The van der Waals surface area contributed by atoms with Gasteiger partial charge in [-0.3, -0.25) is 18.1 Å². The lowest BCUT2D eigenvalue weighted by molar-refractivity contribution is -0.432. The van der Waals surface area contributed by atoms with Gasteiger partial charge in [-0.25, -0.2) is 18.7 Å². The second kappa shape index (κ2) is 25.6. The maximum atomic E-state index is 12.8. The molecule has 0 amide bonds. The summed E-state index contributed by atoms with van der Waals surface area (Å²) in [4.78, 5) is 4.58. The van der Waals surface area contributed by atoms with Crippen molar-refractivity contribution < 1.29 is 76.5 Å². The minimum absolute atomic E-state index is 0.0302. The monoisotopic (exact) mass is 1120 g/mol. The molecular formula is C43H47N9O17S5. The molecule has 6 rings (SSSR count). The number of hydrogen-bond donors (Lipinski definition) is 5. The molecule has 0 spiro atoms.